The molecule has 0 bridgehead atoms. The SMILES string of the molecule is Fc1cc(CN2CCCN(Cc3cccs3)CC2)ccc1C(F)(F)F. The summed E-state index contributed by atoms with van der Waals surface area (Å²) in [6, 6.07) is 7.39. The first kappa shape index (κ1) is 18.4. The Labute approximate surface area is 148 Å². The van der Waals surface area contributed by atoms with Crippen LogP contribution < -0.4 is 0 Å². The first-order chi connectivity index (χ1) is 11.9. The first-order valence-electron chi connectivity index (χ1n) is 8.24. The van der Waals surface area contributed by atoms with Crippen molar-refractivity contribution in [2.75, 3.05) is 26.2 Å². The molecule has 1 aliphatic heterocycles. The molecule has 0 aliphatic carbocycles. The predicted molar refractivity (Wildman–Crippen MR) is 90.9 cm³/mol. The van der Waals surface area contributed by atoms with Crippen LogP contribution in [-0.4, -0.2) is 36.0 Å². The lowest BCUT2D eigenvalue weighted by Crippen LogP contribution is -2.30. The molecular weight excluding hydrogens is 352 g/mol. The Morgan fingerprint density at radius 2 is 1.68 bits per heavy atom. The molecule has 0 spiro atoms. The molecule has 0 unspecified atom stereocenters. The van der Waals surface area contributed by atoms with Crippen molar-refractivity contribution in [2.24, 2.45) is 0 Å². The van der Waals surface area contributed by atoms with E-state index in [1.807, 2.05) is 6.07 Å². The molecular formula is C18H20F4N2S. The van der Waals surface area contributed by atoms with E-state index in [2.05, 4.69) is 21.2 Å². The molecule has 0 atom stereocenters. The first-order valence-corrected chi connectivity index (χ1v) is 9.12. The Morgan fingerprint density at radius 1 is 0.960 bits per heavy atom. The van der Waals surface area contributed by atoms with Crippen LogP contribution >= 0.6 is 11.3 Å². The standard InChI is InChI=1S/C18H20F4N2S/c19-17-11-14(4-5-16(17)18(20,21)22)12-23-6-2-7-24(9-8-23)13-15-3-1-10-25-15/h1,3-5,10-11H,2,6-9,12-13H2. The van der Waals surface area contributed by atoms with Gasteiger partial charge < -0.3 is 0 Å². The average molecular weight is 372 g/mol. The van der Waals surface area contributed by atoms with E-state index in [-0.39, 0.29) is 0 Å². The minimum atomic E-state index is -4.65. The Balaban J connectivity index is 1.57. The lowest BCUT2D eigenvalue weighted by Gasteiger charge is -2.21. The van der Waals surface area contributed by atoms with Crippen molar-refractivity contribution in [1.82, 2.24) is 9.80 Å². The number of halogens is 4. The zero-order valence-electron chi connectivity index (χ0n) is 13.7. The van der Waals surface area contributed by atoms with E-state index in [1.165, 1.54) is 10.9 Å². The third-order valence-corrected chi connectivity index (χ3v) is 5.25. The third kappa shape index (κ3) is 5.03. The van der Waals surface area contributed by atoms with Crippen molar-refractivity contribution in [3.05, 3.63) is 57.5 Å². The maximum Gasteiger partial charge on any atom is 0.419 e. The van der Waals surface area contributed by atoms with Crippen LogP contribution in [0, 0.1) is 5.82 Å². The van der Waals surface area contributed by atoms with Crippen LogP contribution in [0.3, 0.4) is 0 Å². The summed E-state index contributed by atoms with van der Waals surface area (Å²) in [5.41, 5.74) is -0.619. The second kappa shape index (κ2) is 7.85. The normalized spacial score (nSPS) is 17.6. The zero-order valence-corrected chi connectivity index (χ0v) is 14.5. The highest BCUT2D eigenvalue weighted by molar-refractivity contribution is 7.09. The number of benzene rings is 1. The highest BCUT2D eigenvalue weighted by Crippen LogP contribution is 2.31. The summed E-state index contributed by atoms with van der Waals surface area (Å²) in [4.78, 5) is 5.90. The molecule has 0 radical (unpaired) electrons. The molecule has 25 heavy (non-hydrogen) atoms. The molecule has 1 aromatic heterocycles. The minimum Gasteiger partial charge on any atom is -0.298 e. The van der Waals surface area contributed by atoms with E-state index >= 15 is 0 Å². The smallest absolute Gasteiger partial charge is 0.298 e. The molecule has 0 amide bonds. The van der Waals surface area contributed by atoms with Crippen molar-refractivity contribution in [3.63, 3.8) is 0 Å². The number of alkyl halides is 3. The molecule has 0 saturated carbocycles. The van der Waals surface area contributed by atoms with Gasteiger partial charge in [-0.25, -0.2) is 4.39 Å². The largest absolute Gasteiger partial charge is 0.419 e. The van der Waals surface area contributed by atoms with Crippen molar-refractivity contribution >= 4 is 11.3 Å². The molecule has 3 rings (SSSR count). The molecule has 1 saturated heterocycles. The van der Waals surface area contributed by atoms with E-state index in [4.69, 9.17) is 0 Å². The average Bonchev–Trinajstić information content (AvgIpc) is 2.94. The number of thiophene rings is 1. The van der Waals surface area contributed by atoms with Crippen LogP contribution in [0.2, 0.25) is 0 Å². The highest BCUT2D eigenvalue weighted by Gasteiger charge is 2.33. The second-order valence-electron chi connectivity index (χ2n) is 6.30. The molecule has 1 fully saturated rings. The summed E-state index contributed by atoms with van der Waals surface area (Å²) in [5, 5.41) is 2.07. The Hall–Kier alpha value is -1.44. The summed E-state index contributed by atoms with van der Waals surface area (Å²) in [6.45, 7) is 5.00. The molecule has 1 aromatic carbocycles. The van der Waals surface area contributed by atoms with Crippen LogP contribution in [0.15, 0.2) is 35.7 Å². The summed E-state index contributed by atoms with van der Waals surface area (Å²) in [5.74, 6) is -1.20. The van der Waals surface area contributed by atoms with E-state index < -0.39 is 17.6 Å². The van der Waals surface area contributed by atoms with Gasteiger partial charge in [-0.1, -0.05) is 12.1 Å². The lowest BCUT2D eigenvalue weighted by molar-refractivity contribution is -0.140. The van der Waals surface area contributed by atoms with Gasteiger partial charge in [0, 0.05) is 31.1 Å². The van der Waals surface area contributed by atoms with E-state index in [9.17, 15) is 17.6 Å². The molecule has 2 heterocycles. The van der Waals surface area contributed by atoms with Gasteiger partial charge in [-0.3, -0.25) is 9.80 Å². The second-order valence-corrected chi connectivity index (χ2v) is 7.33. The van der Waals surface area contributed by atoms with Gasteiger partial charge in [0.2, 0.25) is 0 Å². The van der Waals surface area contributed by atoms with E-state index in [0.29, 0.717) is 12.1 Å². The molecule has 2 aromatic rings. The fourth-order valence-corrected chi connectivity index (χ4v) is 3.85. The van der Waals surface area contributed by atoms with Gasteiger partial charge in [0.15, 0.2) is 0 Å². The van der Waals surface area contributed by atoms with Gasteiger partial charge in [0.1, 0.15) is 5.82 Å². The monoisotopic (exact) mass is 372 g/mol. The zero-order chi connectivity index (χ0) is 17.9. The van der Waals surface area contributed by atoms with Crippen molar-refractivity contribution < 1.29 is 17.6 Å². The molecule has 1 aliphatic rings. The molecule has 0 N–H and O–H groups in total. The maximum atomic E-state index is 13.7. The fraction of sp³-hybridized carbons (Fsp3) is 0.444. The topological polar surface area (TPSA) is 6.48 Å². The molecule has 7 heteroatoms. The predicted octanol–water partition coefficient (Wildman–Crippen LogP) is 4.61. The van der Waals surface area contributed by atoms with Gasteiger partial charge in [-0.05, 0) is 48.7 Å². The molecule has 136 valence electrons. The van der Waals surface area contributed by atoms with Gasteiger partial charge in [-0.15, -0.1) is 11.3 Å². The fourth-order valence-electron chi connectivity index (χ4n) is 3.11. The van der Waals surface area contributed by atoms with Crippen molar-refractivity contribution in [1.29, 1.82) is 0 Å². The van der Waals surface area contributed by atoms with Crippen LogP contribution in [0.25, 0.3) is 0 Å². The minimum absolute atomic E-state index is 0.474. The third-order valence-electron chi connectivity index (χ3n) is 4.39. The summed E-state index contributed by atoms with van der Waals surface area (Å²) in [7, 11) is 0. The Bertz CT molecular complexity index is 685. The van der Waals surface area contributed by atoms with Crippen molar-refractivity contribution in [2.45, 2.75) is 25.7 Å². The summed E-state index contributed by atoms with van der Waals surface area (Å²) in [6.07, 6.45) is -3.65. The summed E-state index contributed by atoms with van der Waals surface area (Å²) >= 11 is 1.74. The van der Waals surface area contributed by atoms with E-state index in [1.54, 1.807) is 11.3 Å². The number of hydrogen-bond acceptors (Lipinski definition) is 3. The Morgan fingerprint density at radius 3 is 2.28 bits per heavy atom. The maximum absolute atomic E-state index is 13.7. The van der Waals surface area contributed by atoms with Crippen LogP contribution in [0.1, 0.15) is 22.4 Å². The van der Waals surface area contributed by atoms with Crippen molar-refractivity contribution in [3.8, 4) is 0 Å². The van der Waals surface area contributed by atoms with Gasteiger partial charge in [-0.2, -0.15) is 13.2 Å². The number of nitrogens with zero attached hydrogens (tertiary/aromatic N) is 2. The van der Waals surface area contributed by atoms with Crippen LogP contribution in [-0.2, 0) is 19.3 Å². The van der Waals surface area contributed by atoms with E-state index in [0.717, 1.165) is 51.3 Å². The van der Waals surface area contributed by atoms with Gasteiger partial charge >= 0.3 is 6.18 Å². The number of rotatable bonds is 4. The molecule has 2 nitrogen and oxygen atoms in total. The summed E-state index contributed by atoms with van der Waals surface area (Å²) < 4.78 is 51.6. The van der Waals surface area contributed by atoms with Gasteiger partial charge in [0.05, 0.1) is 5.56 Å². The van der Waals surface area contributed by atoms with Crippen LogP contribution in [0.4, 0.5) is 17.6 Å². The van der Waals surface area contributed by atoms with Crippen LogP contribution in [0.5, 0.6) is 0 Å². The number of hydrogen-bond donors (Lipinski definition) is 0. The lowest BCUT2D eigenvalue weighted by atomic mass is 10.1. The van der Waals surface area contributed by atoms with Gasteiger partial charge in [0.25, 0.3) is 0 Å². The highest BCUT2D eigenvalue weighted by atomic mass is 32.1. The quantitative estimate of drug-likeness (QED) is 0.723. The Kier molecular flexibility index (Phi) is 5.76.